The summed E-state index contributed by atoms with van der Waals surface area (Å²) in [7, 11) is 0. The molecule has 0 N–H and O–H groups in total. The lowest BCUT2D eigenvalue weighted by Gasteiger charge is -2.18. The standard InChI is InChI=1S/C66H116O6/c1-4-7-10-13-16-19-22-25-28-30-32-33-35-36-38-41-44-47-50-53-56-59-65(68)71-62-63(61-70-64(67)58-55-52-49-46-43-40-27-24-21-18-15-12-9-6-3)72-66(69)60-57-54-51-48-45-42-39-37-34-31-29-26-23-20-17-14-11-8-5-2/h8,11,17,20,26,29,34,37,42,45,51,54,63H,4-7,9-10,12-16,18-19,21-25,27-28,30-33,35-36,38-41,43-44,46-50,52-53,55-62H2,1-3H3/b11-8-,20-17-,29-26-,37-34-,45-42-,54-51-. The predicted molar refractivity (Wildman–Crippen MR) is 311 cm³/mol. The maximum atomic E-state index is 12.8. The molecule has 0 rings (SSSR count). The van der Waals surface area contributed by atoms with Gasteiger partial charge in [-0.2, -0.15) is 0 Å². The highest BCUT2D eigenvalue weighted by atomic mass is 16.6. The monoisotopic (exact) mass is 1000 g/mol. The first-order valence-corrected chi connectivity index (χ1v) is 30.9. The predicted octanol–water partition coefficient (Wildman–Crippen LogP) is 20.9. The van der Waals surface area contributed by atoms with E-state index < -0.39 is 6.10 Å². The molecule has 0 aliphatic heterocycles. The van der Waals surface area contributed by atoms with E-state index in [1.807, 2.05) is 6.08 Å². The zero-order chi connectivity index (χ0) is 52.2. The Morgan fingerprint density at radius 2 is 0.542 bits per heavy atom. The molecule has 0 spiro atoms. The van der Waals surface area contributed by atoms with Crippen molar-refractivity contribution in [3.63, 3.8) is 0 Å². The smallest absolute Gasteiger partial charge is 0.306 e. The number of allylic oxidation sites excluding steroid dienone is 12. The summed E-state index contributed by atoms with van der Waals surface area (Å²) in [5.41, 5.74) is 0. The highest BCUT2D eigenvalue weighted by molar-refractivity contribution is 5.71. The Kier molecular flexibility index (Phi) is 57.8. The average molecular weight is 1010 g/mol. The molecule has 0 fully saturated rings. The molecule has 0 aliphatic carbocycles. The first kappa shape index (κ1) is 68.8. The summed E-state index contributed by atoms with van der Waals surface area (Å²) in [5, 5.41) is 0. The Morgan fingerprint density at radius 3 is 0.819 bits per heavy atom. The number of esters is 3. The van der Waals surface area contributed by atoms with Crippen molar-refractivity contribution >= 4 is 17.9 Å². The summed E-state index contributed by atoms with van der Waals surface area (Å²) in [4.78, 5) is 38.2. The van der Waals surface area contributed by atoms with Crippen molar-refractivity contribution in [1.82, 2.24) is 0 Å². The maximum absolute atomic E-state index is 12.8. The zero-order valence-electron chi connectivity index (χ0n) is 47.7. The van der Waals surface area contributed by atoms with Gasteiger partial charge >= 0.3 is 17.9 Å². The second-order valence-electron chi connectivity index (χ2n) is 20.6. The Labute approximate surface area is 446 Å². The van der Waals surface area contributed by atoms with Gasteiger partial charge in [-0.05, 0) is 57.8 Å². The number of carbonyl (C=O) groups excluding carboxylic acids is 3. The van der Waals surface area contributed by atoms with E-state index in [0.29, 0.717) is 19.3 Å². The Bertz CT molecular complexity index is 1340. The molecule has 72 heavy (non-hydrogen) atoms. The fourth-order valence-corrected chi connectivity index (χ4v) is 8.88. The van der Waals surface area contributed by atoms with Crippen LogP contribution in [-0.4, -0.2) is 37.2 Å². The number of rotatable bonds is 56. The van der Waals surface area contributed by atoms with E-state index in [4.69, 9.17) is 14.2 Å². The molecule has 1 unspecified atom stereocenters. The first-order chi connectivity index (χ1) is 35.5. The molecule has 0 saturated carbocycles. The fraction of sp³-hybridized carbons (Fsp3) is 0.773. The van der Waals surface area contributed by atoms with Crippen LogP contribution in [0.4, 0.5) is 0 Å². The van der Waals surface area contributed by atoms with E-state index in [0.717, 1.165) is 77.0 Å². The van der Waals surface area contributed by atoms with Gasteiger partial charge in [-0.15, -0.1) is 0 Å². The maximum Gasteiger partial charge on any atom is 0.306 e. The van der Waals surface area contributed by atoms with Crippen molar-refractivity contribution in [2.75, 3.05) is 13.2 Å². The number of hydrogen-bond donors (Lipinski definition) is 0. The van der Waals surface area contributed by atoms with Gasteiger partial charge in [-0.3, -0.25) is 14.4 Å². The van der Waals surface area contributed by atoms with Crippen molar-refractivity contribution in [2.45, 2.75) is 316 Å². The SMILES string of the molecule is CC/C=C\C/C=C\C/C=C\C/C=C\C/C=C\C/C=C\CCC(=O)OC(COC(=O)CCCCCCCCCCCCCCCC)COC(=O)CCCCCCCCCCCCCCCCCCCCCCC. The lowest BCUT2D eigenvalue weighted by molar-refractivity contribution is -0.166. The highest BCUT2D eigenvalue weighted by Gasteiger charge is 2.19. The fourth-order valence-electron chi connectivity index (χ4n) is 8.88. The lowest BCUT2D eigenvalue weighted by Crippen LogP contribution is -2.30. The van der Waals surface area contributed by atoms with Crippen LogP contribution in [0.5, 0.6) is 0 Å². The van der Waals surface area contributed by atoms with E-state index in [1.165, 1.54) is 186 Å². The van der Waals surface area contributed by atoms with Crippen LogP contribution in [0, 0.1) is 0 Å². The van der Waals surface area contributed by atoms with Gasteiger partial charge < -0.3 is 14.2 Å². The largest absolute Gasteiger partial charge is 0.462 e. The molecule has 6 nitrogen and oxygen atoms in total. The summed E-state index contributed by atoms with van der Waals surface area (Å²) in [6, 6.07) is 0. The zero-order valence-corrected chi connectivity index (χ0v) is 47.7. The van der Waals surface area contributed by atoms with Crippen molar-refractivity contribution < 1.29 is 28.6 Å². The van der Waals surface area contributed by atoms with Gasteiger partial charge in [0.2, 0.25) is 0 Å². The molecule has 0 aromatic heterocycles. The molecule has 0 bridgehead atoms. The summed E-state index contributed by atoms with van der Waals surface area (Å²) in [6.07, 6.45) is 77.7. The van der Waals surface area contributed by atoms with Crippen molar-refractivity contribution in [2.24, 2.45) is 0 Å². The molecule has 1 atom stereocenters. The third kappa shape index (κ3) is 57.7. The van der Waals surface area contributed by atoms with Crippen LogP contribution in [0.2, 0.25) is 0 Å². The van der Waals surface area contributed by atoms with Gasteiger partial charge in [0.1, 0.15) is 13.2 Å². The Morgan fingerprint density at radius 1 is 0.292 bits per heavy atom. The summed E-state index contributed by atoms with van der Waals surface area (Å²) in [5.74, 6) is -0.970. The van der Waals surface area contributed by atoms with Gasteiger partial charge in [0.15, 0.2) is 6.10 Å². The molecule has 0 aliphatic rings. The Hall–Kier alpha value is -3.15. The number of unbranched alkanes of at least 4 members (excludes halogenated alkanes) is 33. The average Bonchev–Trinajstić information content (AvgIpc) is 3.38. The minimum Gasteiger partial charge on any atom is -0.462 e. The van der Waals surface area contributed by atoms with Crippen LogP contribution in [-0.2, 0) is 28.6 Å². The van der Waals surface area contributed by atoms with Crippen molar-refractivity contribution in [1.29, 1.82) is 0 Å². The highest BCUT2D eigenvalue weighted by Crippen LogP contribution is 2.17. The van der Waals surface area contributed by atoms with Crippen molar-refractivity contribution in [3.8, 4) is 0 Å². The van der Waals surface area contributed by atoms with Crippen molar-refractivity contribution in [3.05, 3.63) is 72.9 Å². The number of ether oxygens (including phenoxy) is 3. The summed E-state index contributed by atoms with van der Waals surface area (Å²) >= 11 is 0. The van der Waals surface area contributed by atoms with E-state index in [1.54, 1.807) is 0 Å². The van der Waals surface area contributed by atoms with E-state index in [-0.39, 0.29) is 37.5 Å². The summed E-state index contributed by atoms with van der Waals surface area (Å²) in [6.45, 7) is 6.51. The van der Waals surface area contributed by atoms with Gasteiger partial charge in [0, 0.05) is 19.3 Å². The van der Waals surface area contributed by atoms with E-state index >= 15 is 0 Å². The first-order valence-electron chi connectivity index (χ1n) is 30.9. The number of carbonyl (C=O) groups is 3. The molecule has 0 saturated heterocycles. The minimum atomic E-state index is -0.813. The van der Waals surface area contributed by atoms with Crippen LogP contribution in [0.15, 0.2) is 72.9 Å². The van der Waals surface area contributed by atoms with Crippen LogP contribution in [0.3, 0.4) is 0 Å². The molecule has 0 radical (unpaired) electrons. The molecule has 416 valence electrons. The lowest BCUT2D eigenvalue weighted by atomic mass is 10.0. The molecule has 0 aromatic carbocycles. The second-order valence-corrected chi connectivity index (χ2v) is 20.6. The van der Waals surface area contributed by atoms with Gasteiger partial charge in [0.25, 0.3) is 0 Å². The third-order valence-electron chi connectivity index (χ3n) is 13.5. The van der Waals surface area contributed by atoms with Crippen LogP contribution in [0.25, 0.3) is 0 Å². The van der Waals surface area contributed by atoms with E-state index in [9.17, 15) is 14.4 Å². The van der Waals surface area contributed by atoms with E-state index in [2.05, 4.69) is 87.6 Å². The normalized spacial score (nSPS) is 12.5. The van der Waals surface area contributed by atoms with Crippen LogP contribution >= 0.6 is 0 Å². The molecule has 0 aromatic rings. The summed E-state index contributed by atoms with van der Waals surface area (Å²) < 4.78 is 16.8. The second kappa shape index (κ2) is 60.4. The van der Waals surface area contributed by atoms with Crippen LogP contribution in [0.1, 0.15) is 310 Å². The number of hydrogen-bond acceptors (Lipinski definition) is 6. The Balaban J connectivity index is 4.42. The molecular formula is C66H116O6. The molecular weight excluding hydrogens is 889 g/mol. The molecule has 0 amide bonds. The third-order valence-corrected chi connectivity index (χ3v) is 13.5. The van der Waals surface area contributed by atoms with Gasteiger partial charge in [-0.25, -0.2) is 0 Å². The minimum absolute atomic E-state index is 0.101. The molecule has 0 heterocycles. The van der Waals surface area contributed by atoms with Gasteiger partial charge in [0.05, 0.1) is 0 Å². The quantitative estimate of drug-likeness (QED) is 0.0261. The van der Waals surface area contributed by atoms with Gasteiger partial charge in [-0.1, -0.05) is 306 Å². The topological polar surface area (TPSA) is 78.9 Å². The van der Waals surface area contributed by atoms with Crippen LogP contribution < -0.4 is 0 Å². The molecule has 6 heteroatoms.